The molecule has 0 saturated carbocycles. The number of nitrogen functional groups attached to an aromatic ring is 1. The van der Waals surface area contributed by atoms with Gasteiger partial charge in [0.1, 0.15) is 5.82 Å². The third-order valence-corrected chi connectivity index (χ3v) is 3.59. The van der Waals surface area contributed by atoms with Gasteiger partial charge in [0.2, 0.25) is 0 Å². The Morgan fingerprint density at radius 2 is 2.20 bits per heavy atom. The molecule has 0 radical (unpaired) electrons. The van der Waals surface area contributed by atoms with Crippen molar-refractivity contribution >= 4 is 28.2 Å². The summed E-state index contributed by atoms with van der Waals surface area (Å²) >= 11 is 2.83. The second-order valence-corrected chi connectivity index (χ2v) is 4.80. The van der Waals surface area contributed by atoms with Crippen molar-refractivity contribution in [3.63, 3.8) is 0 Å². The minimum Gasteiger partial charge on any atom is -0.375 e. The van der Waals surface area contributed by atoms with Gasteiger partial charge in [-0.2, -0.15) is 0 Å². The van der Waals surface area contributed by atoms with Crippen LogP contribution in [0.3, 0.4) is 0 Å². The van der Waals surface area contributed by atoms with E-state index in [0.717, 1.165) is 5.69 Å². The van der Waals surface area contributed by atoms with Crippen molar-refractivity contribution in [3.05, 3.63) is 41.2 Å². The summed E-state index contributed by atoms with van der Waals surface area (Å²) < 4.78 is 13.2. The second kappa shape index (κ2) is 4.63. The summed E-state index contributed by atoms with van der Waals surface area (Å²) in [6.07, 6.45) is 0. The van der Waals surface area contributed by atoms with Gasteiger partial charge in [-0.3, -0.25) is 0 Å². The second-order valence-electron chi connectivity index (χ2n) is 2.90. The predicted molar refractivity (Wildman–Crippen MR) is 62.5 cm³/mol. The van der Waals surface area contributed by atoms with E-state index in [1.54, 1.807) is 12.1 Å². The van der Waals surface area contributed by atoms with Gasteiger partial charge in [-0.05, 0) is 12.1 Å². The number of halogens is 1. The van der Waals surface area contributed by atoms with Gasteiger partial charge in [-0.15, -0.1) is 23.1 Å². The van der Waals surface area contributed by atoms with Crippen molar-refractivity contribution in [1.29, 1.82) is 0 Å². The standard InChI is InChI=1S/C10H9FN2S2/c11-8-3-1-2-4-9(8)14-5-7-6-15-10(12)13-7/h1-4,6H,5H2,(H2,12,13). The largest absolute Gasteiger partial charge is 0.375 e. The minimum atomic E-state index is -0.189. The SMILES string of the molecule is Nc1nc(CSc2ccccc2F)cs1. The van der Waals surface area contributed by atoms with E-state index in [1.165, 1.54) is 29.2 Å². The highest BCUT2D eigenvalue weighted by Crippen LogP contribution is 2.26. The van der Waals surface area contributed by atoms with Crippen LogP contribution < -0.4 is 5.73 Å². The maximum absolute atomic E-state index is 13.2. The molecule has 0 spiro atoms. The molecule has 2 aromatic rings. The van der Waals surface area contributed by atoms with Crippen LogP contribution in [0, 0.1) is 5.82 Å². The maximum atomic E-state index is 13.2. The summed E-state index contributed by atoms with van der Waals surface area (Å²) in [5.74, 6) is 0.458. The molecule has 0 amide bonds. The first kappa shape index (κ1) is 10.4. The Morgan fingerprint density at radius 1 is 1.40 bits per heavy atom. The molecule has 0 unspecified atom stereocenters. The average Bonchev–Trinajstić information content (AvgIpc) is 2.63. The lowest BCUT2D eigenvalue weighted by Crippen LogP contribution is -1.86. The van der Waals surface area contributed by atoms with Crippen molar-refractivity contribution in [1.82, 2.24) is 4.98 Å². The molecule has 1 aromatic carbocycles. The minimum absolute atomic E-state index is 0.189. The van der Waals surface area contributed by atoms with E-state index in [9.17, 15) is 4.39 Å². The van der Waals surface area contributed by atoms with Crippen LogP contribution in [0.2, 0.25) is 0 Å². The van der Waals surface area contributed by atoms with Crippen molar-refractivity contribution in [3.8, 4) is 0 Å². The number of nitrogens with zero attached hydrogens (tertiary/aromatic N) is 1. The molecule has 2 nitrogen and oxygen atoms in total. The van der Waals surface area contributed by atoms with E-state index < -0.39 is 0 Å². The van der Waals surface area contributed by atoms with Crippen LogP contribution in [-0.2, 0) is 5.75 Å². The van der Waals surface area contributed by atoms with Crippen LogP contribution in [0.5, 0.6) is 0 Å². The predicted octanol–water partition coefficient (Wildman–Crippen LogP) is 3.16. The van der Waals surface area contributed by atoms with Crippen LogP contribution in [0.1, 0.15) is 5.69 Å². The van der Waals surface area contributed by atoms with Crippen LogP contribution in [-0.4, -0.2) is 4.98 Å². The Labute approximate surface area is 95.3 Å². The van der Waals surface area contributed by atoms with Crippen molar-refractivity contribution in [2.45, 2.75) is 10.6 Å². The zero-order valence-electron chi connectivity index (χ0n) is 7.81. The highest BCUT2D eigenvalue weighted by molar-refractivity contribution is 7.98. The lowest BCUT2D eigenvalue weighted by molar-refractivity contribution is 0.602. The van der Waals surface area contributed by atoms with Gasteiger partial charge < -0.3 is 5.73 Å². The molecule has 0 aliphatic heterocycles. The monoisotopic (exact) mass is 240 g/mol. The van der Waals surface area contributed by atoms with Gasteiger partial charge >= 0.3 is 0 Å². The summed E-state index contributed by atoms with van der Waals surface area (Å²) in [4.78, 5) is 4.75. The molecule has 2 N–H and O–H groups in total. The maximum Gasteiger partial charge on any atom is 0.180 e. The Kier molecular flexibility index (Phi) is 3.23. The fraction of sp³-hybridized carbons (Fsp3) is 0.100. The lowest BCUT2D eigenvalue weighted by atomic mass is 10.3. The third-order valence-electron chi connectivity index (χ3n) is 1.78. The molecule has 0 saturated heterocycles. The number of aromatic nitrogens is 1. The molecule has 1 heterocycles. The van der Waals surface area contributed by atoms with Gasteiger partial charge in [0, 0.05) is 16.0 Å². The number of nitrogens with two attached hydrogens (primary N) is 1. The first-order valence-corrected chi connectivity index (χ1v) is 6.19. The molecular formula is C10H9FN2S2. The molecule has 1 aromatic heterocycles. The van der Waals surface area contributed by atoms with Crippen LogP contribution in [0.4, 0.5) is 9.52 Å². The van der Waals surface area contributed by atoms with Crippen LogP contribution in [0.15, 0.2) is 34.5 Å². The van der Waals surface area contributed by atoms with E-state index in [2.05, 4.69) is 4.98 Å². The molecule has 0 aliphatic carbocycles. The zero-order chi connectivity index (χ0) is 10.7. The summed E-state index contributed by atoms with van der Waals surface area (Å²) in [6, 6.07) is 6.72. The fourth-order valence-corrected chi connectivity index (χ4v) is 2.60. The van der Waals surface area contributed by atoms with E-state index in [4.69, 9.17) is 5.73 Å². The lowest BCUT2D eigenvalue weighted by Gasteiger charge is -2.00. The van der Waals surface area contributed by atoms with E-state index in [0.29, 0.717) is 15.8 Å². The number of thioether (sulfide) groups is 1. The number of hydrogen-bond donors (Lipinski definition) is 1. The first-order valence-electron chi connectivity index (χ1n) is 4.33. The molecule has 0 atom stereocenters. The number of benzene rings is 1. The fourth-order valence-electron chi connectivity index (χ4n) is 1.10. The van der Waals surface area contributed by atoms with Crippen molar-refractivity contribution < 1.29 is 4.39 Å². The molecule has 0 bridgehead atoms. The topological polar surface area (TPSA) is 38.9 Å². The molecule has 15 heavy (non-hydrogen) atoms. The molecular weight excluding hydrogens is 231 g/mol. The molecule has 78 valence electrons. The highest BCUT2D eigenvalue weighted by atomic mass is 32.2. The van der Waals surface area contributed by atoms with E-state index >= 15 is 0 Å². The molecule has 0 fully saturated rings. The van der Waals surface area contributed by atoms with Crippen molar-refractivity contribution in [2.75, 3.05) is 5.73 Å². The van der Waals surface area contributed by atoms with Gasteiger partial charge in [0.25, 0.3) is 0 Å². The molecule has 0 aliphatic rings. The van der Waals surface area contributed by atoms with Crippen LogP contribution in [0.25, 0.3) is 0 Å². The average molecular weight is 240 g/mol. The summed E-state index contributed by atoms with van der Waals surface area (Å²) in [7, 11) is 0. The Morgan fingerprint density at radius 3 is 2.87 bits per heavy atom. The normalized spacial score (nSPS) is 10.5. The molecule has 2 rings (SSSR count). The zero-order valence-corrected chi connectivity index (χ0v) is 9.45. The highest BCUT2D eigenvalue weighted by Gasteiger charge is 2.03. The first-order chi connectivity index (χ1) is 7.25. The summed E-state index contributed by atoms with van der Waals surface area (Å²) in [5.41, 5.74) is 6.40. The number of rotatable bonds is 3. The Balaban J connectivity index is 2.02. The van der Waals surface area contributed by atoms with Crippen molar-refractivity contribution in [2.24, 2.45) is 0 Å². The van der Waals surface area contributed by atoms with Gasteiger partial charge in [-0.1, -0.05) is 12.1 Å². The van der Waals surface area contributed by atoms with Gasteiger partial charge in [0.15, 0.2) is 5.13 Å². The Hall–Kier alpha value is -1.07. The molecule has 5 heteroatoms. The van der Waals surface area contributed by atoms with E-state index in [1.807, 2.05) is 11.4 Å². The van der Waals surface area contributed by atoms with Gasteiger partial charge in [-0.25, -0.2) is 9.37 Å². The quantitative estimate of drug-likeness (QED) is 0.838. The smallest absolute Gasteiger partial charge is 0.180 e. The van der Waals surface area contributed by atoms with Crippen LogP contribution >= 0.6 is 23.1 Å². The summed E-state index contributed by atoms with van der Waals surface area (Å²) in [6.45, 7) is 0. The third kappa shape index (κ3) is 2.70. The van der Waals surface area contributed by atoms with E-state index in [-0.39, 0.29) is 5.82 Å². The number of hydrogen-bond acceptors (Lipinski definition) is 4. The number of thiazole rings is 1. The Bertz CT molecular complexity index is 456. The van der Waals surface area contributed by atoms with Gasteiger partial charge in [0.05, 0.1) is 5.69 Å². The number of anilines is 1. The summed E-state index contributed by atoms with van der Waals surface area (Å²) in [5, 5.41) is 2.45.